The van der Waals surface area contributed by atoms with Crippen LogP contribution in [0.4, 0.5) is 0 Å². The molecule has 2 N–H and O–H groups in total. The van der Waals surface area contributed by atoms with Crippen LogP contribution in [0.25, 0.3) is 0 Å². The Morgan fingerprint density at radius 3 is 3.33 bits per heavy atom. The van der Waals surface area contributed by atoms with Crippen molar-refractivity contribution in [2.45, 2.75) is 19.4 Å². The van der Waals surface area contributed by atoms with Gasteiger partial charge in [-0.1, -0.05) is 0 Å². The van der Waals surface area contributed by atoms with Crippen molar-refractivity contribution < 1.29 is 4.74 Å². The van der Waals surface area contributed by atoms with E-state index in [0.29, 0.717) is 6.54 Å². The highest BCUT2D eigenvalue weighted by atomic mass is 32.1. The fraction of sp³-hybridized carbons (Fsp3) is 0.556. The second-order valence-corrected chi connectivity index (χ2v) is 4.06. The molecule has 12 heavy (non-hydrogen) atoms. The molecule has 0 unspecified atom stereocenters. The Bertz CT molecular complexity index is 282. The highest BCUT2D eigenvalue weighted by molar-refractivity contribution is 7.10. The second-order valence-electron chi connectivity index (χ2n) is 3.10. The standard InChI is InChI=1S/C9H13NOS/c1-6-5-12-8-2-3-11-7(4-10)9(6)8/h5,7H,2-4,10H2,1H3/t7-/m0/s1. The van der Waals surface area contributed by atoms with E-state index in [1.165, 1.54) is 16.0 Å². The van der Waals surface area contributed by atoms with Crippen LogP contribution in [0.5, 0.6) is 0 Å². The van der Waals surface area contributed by atoms with Gasteiger partial charge in [-0.2, -0.15) is 0 Å². The third-order valence-electron chi connectivity index (χ3n) is 2.29. The molecule has 0 fully saturated rings. The van der Waals surface area contributed by atoms with Crippen LogP contribution >= 0.6 is 11.3 Å². The first-order valence-electron chi connectivity index (χ1n) is 4.21. The summed E-state index contributed by atoms with van der Waals surface area (Å²) >= 11 is 1.84. The number of nitrogens with two attached hydrogens (primary N) is 1. The van der Waals surface area contributed by atoms with Gasteiger partial charge in [0.2, 0.25) is 0 Å². The Balaban J connectivity index is 2.41. The lowest BCUT2D eigenvalue weighted by Crippen LogP contribution is -2.22. The van der Waals surface area contributed by atoms with E-state index in [2.05, 4.69) is 12.3 Å². The van der Waals surface area contributed by atoms with E-state index in [9.17, 15) is 0 Å². The van der Waals surface area contributed by atoms with Gasteiger partial charge in [0, 0.05) is 17.8 Å². The van der Waals surface area contributed by atoms with Crippen molar-refractivity contribution in [3.05, 3.63) is 21.4 Å². The molecule has 1 aromatic rings. The molecule has 2 rings (SSSR count). The Morgan fingerprint density at radius 1 is 1.75 bits per heavy atom. The fourth-order valence-electron chi connectivity index (χ4n) is 1.70. The molecule has 1 aliphatic rings. The van der Waals surface area contributed by atoms with Crippen molar-refractivity contribution in [2.24, 2.45) is 5.73 Å². The summed E-state index contributed by atoms with van der Waals surface area (Å²) in [6.45, 7) is 3.56. The monoisotopic (exact) mass is 183 g/mol. The van der Waals surface area contributed by atoms with Gasteiger partial charge >= 0.3 is 0 Å². The number of aryl methyl sites for hydroxylation is 1. The van der Waals surface area contributed by atoms with Crippen LogP contribution in [-0.4, -0.2) is 13.2 Å². The van der Waals surface area contributed by atoms with E-state index in [1.807, 2.05) is 11.3 Å². The van der Waals surface area contributed by atoms with Gasteiger partial charge in [0.15, 0.2) is 0 Å². The summed E-state index contributed by atoms with van der Waals surface area (Å²) in [7, 11) is 0. The Kier molecular flexibility index (Phi) is 2.17. The predicted molar refractivity (Wildman–Crippen MR) is 50.5 cm³/mol. The van der Waals surface area contributed by atoms with Crippen molar-refractivity contribution in [2.75, 3.05) is 13.2 Å². The average molecular weight is 183 g/mol. The lowest BCUT2D eigenvalue weighted by atomic mass is 10.0. The zero-order chi connectivity index (χ0) is 8.55. The van der Waals surface area contributed by atoms with Gasteiger partial charge in [0.1, 0.15) is 0 Å². The number of thiophene rings is 1. The van der Waals surface area contributed by atoms with Crippen molar-refractivity contribution >= 4 is 11.3 Å². The molecular formula is C9H13NOS. The summed E-state index contributed by atoms with van der Waals surface area (Å²) in [6, 6.07) is 0. The highest BCUT2D eigenvalue weighted by Gasteiger charge is 2.22. The van der Waals surface area contributed by atoms with E-state index in [1.54, 1.807) is 0 Å². The number of rotatable bonds is 1. The minimum Gasteiger partial charge on any atom is -0.372 e. The number of hydrogen-bond acceptors (Lipinski definition) is 3. The summed E-state index contributed by atoms with van der Waals surface area (Å²) in [4.78, 5) is 1.47. The molecule has 2 heterocycles. The van der Waals surface area contributed by atoms with Crippen LogP contribution in [0.2, 0.25) is 0 Å². The third-order valence-corrected chi connectivity index (χ3v) is 3.47. The third kappa shape index (κ3) is 1.18. The van der Waals surface area contributed by atoms with Crippen LogP contribution in [0, 0.1) is 6.92 Å². The van der Waals surface area contributed by atoms with E-state index in [0.717, 1.165) is 13.0 Å². The molecule has 0 saturated carbocycles. The fourth-order valence-corrected chi connectivity index (χ4v) is 2.76. The minimum absolute atomic E-state index is 0.153. The molecule has 2 nitrogen and oxygen atoms in total. The smallest absolute Gasteiger partial charge is 0.0960 e. The molecule has 0 bridgehead atoms. The maximum absolute atomic E-state index is 5.63. The highest BCUT2D eigenvalue weighted by Crippen LogP contribution is 2.33. The van der Waals surface area contributed by atoms with E-state index >= 15 is 0 Å². The molecule has 0 spiro atoms. The molecule has 0 amide bonds. The molecule has 0 aliphatic carbocycles. The van der Waals surface area contributed by atoms with Gasteiger partial charge in [-0.3, -0.25) is 0 Å². The molecule has 0 saturated heterocycles. The molecule has 1 aliphatic heterocycles. The molecule has 1 aromatic heterocycles. The lowest BCUT2D eigenvalue weighted by molar-refractivity contribution is 0.0493. The van der Waals surface area contributed by atoms with E-state index in [-0.39, 0.29) is 6.10 Å². The van der Waals surface area contributed by atoms with Gasteiger partial charge < -0.3 is 10.5 Å². The summed E-state index contributed by atoms with van der Waals surface area (Å²) in [5, 5.41) is 2.20. The van der Waals surface area contributed by atoms with Crippen molar-refractivity contribution in [1.82, 2.24) is 0 Å². The number of fused-ring (bicyclic) bond motifs is 1. The minimum atomic E-state index is 0.153. The first-order valence-corrected chi connectivity index (χ1v) is 5.09. The first-order chi connectivity index (χ1) is 5.83. The SMILES string of the molecule is Cc1csc2c1[C@H](CN)OCC2. The van der Waals surface area contributed by atoms with Crippen LogP contribution in [0.3, 0.4) is 0 Å². The normalized spacial score (nSPS) is 22.3. The lowest BCUT2D eigenvalue weighted by Gasteiger charge is -2.22. The Morgan fingerprint density at radius 2 is 2.58 bits per heavy atom. The van der Waals surface area contributed by atoms with Crippen LogP contribution in [0.15, 0.2) is 5.38 Å². The molecular weight excluding hydrogens is 170 g/mol. The van der Waals surface area contributed by atoms with Gasteiger partial charge in [0.25, 0.3) is 0 Å². The predicted octanol–water partition coefficient (Wildman–Crippen LogP) is 1.63. The summed E-state index contributed by atoms with van der Waals surface area (Å²) in [5.74, 6) is 0. The Labute approximate surface area is 76.3 Å². The number of hydrogen-bond donors (Lipinski definition) is 1. The molecule has 1 atom stereocenters. The summed E-state index contributed by atoms with van der Waals surface area (Å²) < 4.78 is 5.57. The quantitative estimate of drug-likeness (QED) is 0.718. The molecule has 0 aromatic carbocycles. The zero-order valence-electron chi connectivity index (χ0n) is 7.17. The topological polar surface area (TPSA) is 35.2 Å². The van der Waals surface area contributed by atoms with Gasteiger partial charge in [-0.05, 0) is 23.4 Å². The Hall–Kier alpha value is -0.380. The largest absolute Gasteiger partial charge is 0.372 e. The summed E-state index contributed by atoms with van der Waals surface area (Å²) in [6.07, 6.45) is 1.21. The second kappa shape index (κ2) is 3.17. The van der Waals surface area contributed by atoms with E-state index in [4.69, 9.17) is 10.5 Å². The first kappa shape index (κ1) is 8.23. The van der Waals surface area contributed by atoms with Gasteiger partial charge in [0.05, 0.1) is 12.7 Å². The van der Waals surface area contributed by atoms with Gasteiger partial charge in [-0.25, -0.2) is 0 Å². The molecule has 66 valence electrons. The van der Waals surface area contributed by atoms with Crippen molar-refractivity contribution in [3.8, 4) is 0 Å². The van der Waals surface area contributed by atoms with Crippen LogP contribution in [-0.2, 0) is 11.2 Å². The van der Waals surface area contributed by atoms with Crippen molar-refractivity contribution in [3.63, 3.8) is 0 Å². The summed E-state index contributed by atoms with van der Waals surface area (Å²) in [5.41, 5.74) is 8.32. The average Bonchev–Trinajstić information content (AvgIpc) is 2.48. The number of ether oxygens (including phenoxy) is 1. The van der Waals surface area contributed by atoms with Crippen LogP contribution in [0.1, 0.15) is 22.1 Å². The van der Waals surface area contributed by atoms with Crippen molar-refractivity contribution in [1.29, 1.82) is 0 Å². The van der Waals surface area contributed by atoms with E-state index < -0.39 is 0 Å². The molecule has 0 radical (unpaired) electrons. The zero-order valence-corrected chi connectivity index (χ0v) is 7.99. The van der Waals surface area contributed by atoms with Gasteiger partial charge in [-0.15, -0.1) is 11.3 Å². The maximum atomic E-state index is 5.63. The maximum Gasteiger partial charge on any atom is 0.0960 e. The van der Waals surface area contributed by atoms with Crippen LogP contribution < -0.4 is 5.73 Å². The molecule has 3 heteroatoms.